The van der Waals surface area contributed by atoms with Crippen LogP contribution < -0.4 is 4.90 Å². The van der Waals surface area contributed by atoms with Gasteiger partial charge in [-0.3, -0.25) is 4.79 Å². The number of halogens is 1. The molecule has 0 saturated carbocycles. The van der Waals surface area contributed by atoms with Crippen LogP contribution in [-0.2, 0) is 16.0 Å². The van der Waals surface area contributed by atoms with E-state index in [9.17, 15) is 9.90 Å². The molecule has 116 valence electrons. The van der Waals surface area contributed by atoms with E-state index in [1.54, 1.807) is 0 Å². The lowest BCUT2D eigenvalue weighted by Gasteiger charge is -2.34. The van der Waals surface area contributed by atoms with Crippen LogP contribution in [0.3, 0.4) is 0 Å². The Morgan fingerprint density at radius 3 is 2.76 bits per heavy atom. The maximum Gasteiger partial charge on any atom is 0.309 e. The lowest BCUT2D eigenvalue weighted by Crippen LogP contribution is -2.37. The Balaban J connectivity index is 2.04. The molecule has 1 heterocycles. The van der Waals surface area contributed by atoms with Crippen molar-refractivity contribution >= 4 is 27.6 Å². The van der Waals surface area contributed by atoms with Gasteiger partial charge in [0, 0.05) is 29.9 Å². The fraction of sp³-hybridized carbons (Fsp3) is 0.562. The minimum atomic E-state index is -0.0676. The number of hydrogen-bond acceptors (Lipinski definition) is 4. The molecule has 0 radical (unpaired) electrons. The van der Waals surface area contributed by atoms with Gasteiger partial charge in [-0.1, -0.05) is 22.0 Å². The highest BCUT2D eigenvalue weighted by Crippen LogP contribution is 2.30. The van der Waals surface area contributed by atoms with Gasteiger partial charge >= 0.3 is 5.97 Å². The molecule has 1 aromatic carbocycles. The normalized spacial score (nSPS) is 16.0. The molecule has 1 aromatic rings. The number of carbonyl (C=O) groups excluding carboxylic acids is 1. The maximum absolute atomic E-state index is 11.8. The lowest BCUT2D eigenvalue weighted by molar-refractivity contribution is -0.148. The van der Waals surface area contributed by atoms with Crippen molar-refractivity contribution in [1.82, 2.24) is 0 Å². The van der Waals surface area contributed by atoms with E-state index in [0.717, 1.165) is 41.7 Å². The van der Waals surface area contributed by atoms with Crippen LogP contribution in [0, 0.1) is 5.92 Å². The van der Waals surface area contributed by atoms with Gasteiger partial charge in [0.1, 0.15) is 0 Å². The summed E-state index contributed by atoms with van der Waals surface area (Å²) in [6.07, 6.45) is 2.30. The highest BCUT2D eigenvalue weighted by molar-refractivity contribution is 9.10. The van der Waals surface area contributed by atoms with Crippen LogP contribution in [0.4, 0.5) is 5.69 Å². The van der Waals surface area contributed by atoms with E-state index in [0.29, 0.717) is 13.0 Å². The monoisotopic (exact) mass is 355 g/mol. The minimum Gasteiger partial charge on any atom is -0.466 e. The Morgan fingerprint density at radius 2 is 2.14 bits per heavy atom. The second-order valence-electron chi connectivity index (χ2n) is 5.26. The van der Waals surface area contributed by atoms with Crippen molar-refractivity contribution in [2.75, 3.05) is 31.2 Å². The topological polar surface area (TPSA) is 49.8 Å². The number of nitrogens with zero attached hydrogens (tertiary/aromatic N) is 1. The van der Waals surface area contributed by atoms with Crippen LogP contribution >= 0.6 is 15.9 Å². The zero-order valence-corrected chi connectivity index (χ0v) is 13.9. The molecular weight excluding hydrogens is 334 g/mol. The smallest absolute Gasteiger partial charge is 0.309 e. The molecule has 0 amide bonds. The van der Waals surface area contributed by atoms with Crippen LogP contribution in [0.25, 0.3) is 0 Å². The van der Waals surface area contributed by atoms with Crippen LogP contribution in [0.5, 0.6) is 0 Å². The summed E-state index contributed by atoms with van der Waals surface area (Å²) < 4.78 is 6.14. The molecule has 1 N–H and O–H groups in total. The first-order chi connectivity index (χ1) is 10.2. The quantitative estimate of drug-likeness (QED) is 0.825. The van der Waals surface area contributed by atoms with Gasteiger partial charge in [-0.2, -0.15) is 0 Å². The van der Waals surface area contributed by atoms with Crippen LogP contribution in [0.2, 0.25) is 0 Å². The van der Waals surface area contributed by atoms with Gasteiger partial charge < -0.3 is 14.7 Å². The first-order valence-corrected chi connectivity index (χ1v) is 8.26. The fourth-order valence-corrected chi connectivity index (χ4v) is 3.13. The zero-order chi connectivity index (χ0) is 15.2. The number of carbonyl (C=O) groups is 1. The predicted molar refractivity (Wildman–Crippen MR) is 86.5 cm³/mol. The lowest BCUT2D eigenvalue weighted by atomic mass is 9.96. The third kappa shape index (κ3) is 4.20. The van der Waals surface area contributed by atoms with Crippen molar-refractivity contribution in [3.8, 4) is 0 Å². The molecule has 0 unspecified atom stereocenters. The van der Waals surface area contributed by atoms with Crippen molar-refractivity contribution in [2.24, 2.45) is 5.92 Å². The molecular formula is C16H22BrNO3. The molecule has 1 aliphatic rings. The summed E-state index contributed by atoms with van der Waals surface area (Å²) in [5.74, 6) is -0.0448. The second kappa shape index (κ2) is 7.80. The van der Waals surface area contributed by atoms with Gasteiger partial charge in [0.15, 0.2) is 0 Å². The first kappa shape index (κ1) is 16.3. The summed E-state index contributed by atoms with van der Waals surface area (Å²) in [4.78, 5) is 14.1. The molecule has 0 atom stereocenters. The Kier molecular flexibility index (Phi) is 6.06. The number of hydrogen-bond donors (Lipinski definition) is 1. The van der Waals surface area contributed by atoms with E-state index in [4.69, 9.17) is 4.74 Å². The zero-order valence-electron chi connectivity index (χ0n) is 12.3. The van der Waals surface area contributed by atoms with E-state index in [1.165, 1.54) is 0 Å². The molecule has 0 bridgehead atoms. The SMILES string of the molecule is CCOC(=O)C1CCN(c2cc(Br)ccc2CCO)CC1. The van der Waals surface area contributed by atoms with Crippen LogP contribution in [-0.4, -0.2) is 37.4 Å². The second-order valence-corrected chi connectivity index (χ2v) is 6.18. The molecule has 0 spiro atoms. The van der Waals surface area contributed by atoms with Gasteiger partial charge in [0.2, 0.25) is 0 Å². The van der Waals surface area contributed by atoms with E-state index in [2.05, 4.69) is 26.9 Å². The highest BCUT2D eigenvalue weighted by atomic mass is 79.9. The van der Waals surface area contributed by atoms with Crippen molar-refractivity contribution < 1.29 is 14.6 Å². The van der Waals surface area contributed by atoms with Crippen LogP contribution in [0.15, 0.2) is 22.7 Å². The van der Waals surface area contributed by atoms with Crippen molar-refractivity contribution in [1.29, 1.82) is 0 Å². The summed E-state index contributed by atoms with van der Waals surface area (Å²) in [7, 11) is 0. The van der Waals surface area contributed by atoms with Gasteiger partial charge in [0.25, 0.3) is 0 Å². The van der Waals surface area contributed by atoms with Gasteiger partial charge in [-0.15, -0.1) is 0 Å². The molecule has 1 fully saturated rings. The standard InChI is InChI=1S/C16H22BrNO3/c1-2-21-16(20)13-5-8-18(9-6-13)15-11-14(17)4-3-12(15)7-10-19/h3-4,11,13,19H,2,5-10H2,1H3. The molecule has 0 aromatic heterocycles. The van der Waals surface area contributed by atoms with E-state index >= 15 is 0 Å². The largest absolute Gasteiger partial charge is 0.466 e. The summed E-state index contributed by atoms with van der Waals surface area (Å²) in [6.45, 7) is 4.13. The van der Waals surface area contributed by atoms with Crippen molar-refractivity contribution in [3.05, 3.63) is 28.2 Å². The summed E-state index contributed by atoms with van der Waals surface area (Å²) in [5, 5.41) is 9.19. The average molecular weight is 356 g/mol. The molecule has 21 heavy (non-hydrogen) atoms. The van der Waals surface area contributed by atoms with E-state index < -0.39 is 0 Å². The number of piperidine rings is 1. The summed E-state index contributed by atoms with van der Waals surface area (Å²) in [6, 6.07) is 6.14. The van der Waals surface area contributed by atoms with Crippen molar-refractivity contribution in [2.45, 2.75) is 26.2 Å². The number of rotatable bonds is 5. The third-order valence-electron chi connectivity index (χ3n) is 3.88. The first-order valence-electron chi connectivity index (χ1n) is 7.46. The average Bonchev–Trinajstić information content (AvgIpc) is 2.50. The van der Waals surface area contributed by atoms with E-state index in [-0.39, 0.29) is 18.5 Å². The summed E-state index contributed by atoms with van der Waals surface area (Å²) >= 11 is 3.51. The van der Waals surface area contributed by atoms with E-state index in [1.807, 2.05) is 19.1 Å². The number of aliphatic hydroxyl groups excluding tert-OH is 1. The predicted octanol–water partition coefficient (Wildman–Crippen LogP) is 2.76. The molecule has 5 heteroatoms. The number of aliphatic hydroxyl groups is 1. The number of anilines is 1. The maximum atomic E-state index is 11.8. The third-order valence-corrected chi connectivity index (χ3v) is 4.38. The number of ether oxygens (including phenoxy) is 1. The molecule has 2 rings (SSSR count). The number of esters is 1. The molecule has 4 nitrogen and oxygen atoms in total. The van der Waals surface area contributed by atoms with Crippen molar-refractivity contribution in [3.63, 3.8) is 0 Å². The van der Waals surface area contributed by atoms with Gasteiger partial charge in [0.05, 0.1) is 12.5 Å². The Bertz CT molecular complexity index is 484. The van der Waals surface area contributed by atoms with Gasteiger partial charge in [-0.05, 0) is 43.9 Å². The highest BCUT2D eigenvalue weighted by Gasteiger charge is 2.26. The van der Waals surface area contributed by atoms with Crippen LogP contribution in [0.1, 0.15) is 25.3 Å². The Hall–Kier alpha value is -1.07. The molecule has 1 aliphatic heterocycles. The number of benzene rings is 1. The summed E-state index contributed by atoms with van der Waals surface area (Å²) in [5.41, 5.74) is 2.30. The van der Waals surface area contributed by atoms with Gasteiger partial charge in [-0.25, -0.2) is 0 Å². The minimum absolute atomic E-state index is 0.0228. The molecule has 1 saturated heterocycles. The Morgan fingerprint density at radius 1 is 1.43 bits per heavy atom. The Labute approximate surface area is 134 Å². The fourth-order valence-electron chi connectivity index (χ4n) is 2.78. The molecule has 0 aliphatic carbocycles.